The molecule has 8 nitrogen and oxygen atoms in total. The van der Waals surface area contributed by atoms with Crippen LogP contribution in [0.1, 0.15) is 28.8 Å². The Morgan fingerprint density at radius 1 is 1.32 bits per heavy atom. The molecule has 0 aromatic carbocycles. The maximum Gasteiger partial charge on any atom is 0.332 e. The molecule has 114 valence electrons. The number of carbonyl (C=O) groups is 2. The molecular formula is C14H13N3O5. The highest BCUT2D eigenvalue weighted by molar-refractivity contribution is 6.01. The molecule has 1 aliphatic carbocycles. The lowest BCUT2D eigenvalue weighted by atomic mass is 9.90. The van der Waals surface area contributed by atoms with E-state index in [4.69, 9.17) is 5.11 Å². The average molecular weight is 303 g/mol. The first kappa shape index (κ1) is 14.2. The van der Waals surface area contributed by atoms with Gasteiger partial charge in [-0.25, -0.2) is 14.3 Å². The van der Waals surface area contributed by atoms with Gasteiger partial charge in [-0.3, -0.25) is 19.0 Å². The van der Waals surface area contributed by atoms with E-state index in [1.807, 2.05) is 0 Å². The van der Waals surface area contributed by atoms with Crippen molar-refractivity contribution < 1.29 is 14.7 Å². The first-order chi connectivity index (χ1) is 10.4. The highest BCUT2D eigenvalue weighted by atomic mass is 16.4. The predicted octanol–water partition coefficient (Wildman–Crippen LogP) is -0.301. The zero-order chi connectivity index (χ0) is 16.0. The van der Waals surface area contributed by atoms with Gasteiger partial charge in [-0.1, -0.05) is 0 Å². The third-order valence-corrected chi connectivity index (χ3v) is 3.89. The van der Waals surface area contributed by atoms with Gasteiger partial charge >= 0.3 is 11.7 Å². The second kappa shape index (κ2) is 4.90. The number of aryl methyl sites for hydroxylation is 2. The number of fused-ring (bicyclic) bond motifs is 3. The highest BCUT2D eigenvalue weighted by Gasteiger charge is 2.24. The van der Waals surface area contributed by atoms with Crippen molar-refractivity contribution >= 4 is 22.8 Å². The topological polar surface area (TPSA) is 111 Å². The summed E-state index contributed by atoms with van der Waals surface area (Å²) in [6, 6.07) is 0. The zero-order valence-electron chi connectivity index (χ0n) is 11.8. The molecule has 8 heteroatoms. The summed E-state index contributed by atoms with van der Waals surface area (Å²) in [4.78, 5) is 51.6. The van der Waals surface area contributed by atoms with Gasteiger partial charge in [-0.2, -0.15) is 0 Å². The van der Waals surface area contributed by atoms with Gasteiger partial charge in [0, 0.05) is 25.2 Å². The van der Waals surface area contributed by atoms with Gasteiger partial charge in [0.25, 0.3) is 5.56 Å². The molecule has 0 amide bonds. The van der Waals surface area contributed by atoms with Crippen molar-refractivity contribution in [2.24, 2.45) is 7.05 Å². The van der Waals surface area contributed by atoms with Gasteiger partial charge in [0.05, 0.1) is 5.39 Å². The molecule has 1 aliphatic rings. The number of aromatic nitrogens is 3. The van der Waals surface area contributed by atoms with E-state index >= 15 is 0 Å². The van der Waals surface area contributed by atoms with Gasteiger partial charge in [0.15, 0.2) is 5.78 Å². The summed E-state index contributed by atoms with van der Waals surface area (Å²) in [7, 11) is 1.42. The van der Waals surface area contributed by atoms with Crippen molar-refractivity contribution in [3.63, 3.8) is 0 Å². The van der Waals surface area contributed by atoms with E-state index in [2.05, 4.69) is 4.98 Å². The molecule has 1 N–H and O–H groups in total. The molecule has 0 atom stereocenters. The Bertz CT molecular complexity index is 938. The Hall–Kier alpha value is -2.77. The normalized spacial score (nSPS) is 14.1. The van der Waals surface area contributed by atoms with E-state index in [9.17, 15) is 19.2 Å². The van der Waals surface area contributed by atoms with Crippen LogP contribution in [-0.2, 0) is 24.8 Å². The molecule has 0 aliphatic heterocycles. The van der Waals surface area contributed by atoms with E-state index in [-0.39, 0.29) is 16.8 Å². The molecular weight excluding hydrogens is 290 g/mol. The minimum absolute atomic E-state index is 0.0892. The van der Waals surface area contributed by atoms with Crippen molar-refractivity contribution in [2.45, 2.75) is 25.8 Å². The lowest BCUT2D eigenvalue weighted by molar-refractivity contribution is -0.137. The number of rotatable bonds is 2. The summed E-state index contributed by atoms with van der Waals surface area (Å²) in [5, 5.41) is 9.04. The fraction of sp³-hybridized carbons (Fsp3) is 0.357. The maximum absolute atomic E-state index is 12.6. The monoisotopic (exact) mass is 303 g/mol. The predicted molar refractivity (Wildman–Crippen MR) is 76.1 cm³/mol. The fourth-order valence-electron chi connectivity index (χ4n) is 2.85. The number of aliphatic carboxylic acids is 1. The van der Waals surface area contributed by atoms with Crippen LogP contribution >= 0.6 is 0 Å². The molecule has 0 saturated carbocycles. The molecule has 22 heavy (non-hydrogen) atoms. The second-order valence-electron chi connectivity index (χ2n) is 5.25. The molecule has 3 rings (SSSR count). The number of carboxylic acid groups (broad SMARTS) is 1. The molecule has 0 radical (unpaired) electrons. The minimum atomic E-state index is -1.28. The van der Waals surface area contributed by atoms with Crippen molar-refractivity contribution in [2.75, 3.05) is 0 Å². The number of pyridine rings is 1. The summed E-state index contributed by atoms with van der Waals surface area (Å²) in [6.07, 6.45) is 2.93. The van der Waals surface area contributed by atoms with Gasteiger partial charge < -0.3 is 5.11 Å². The van der Waals surface area contributed by atoms with E-state index in [0.29, 0.717) is 35.0 Å². The first-order valence-electron chi connectivity index (χ1n) is 6.78. The lowest BCUT2D eigenvalue weighted by Gasteiger charge is -2.17. The Labute approximate surface area is 123 Å². The molecule has 2 aromatic heterocycles. The Morgan fingerprint density at radius 3 is 2.73 bits per heavy atom. The van der Waals surface area contributed by atoms with Gasteiger partial charge in [0.2, 0.25) is 0 Å². The maximum atomic E-state index is 12.6. The third kappa shape index (κ3) is 1.95. The van der Waals surface area contributed by atoms with E-state index in [1.165, 1.54) is 13.2 Å². The summed E-state index contributed by atoms with van der Waals surface area (Å²) in [5.74, 6) is -1.37. The Kier molecular flexibility index (Phi) is 3.16. The number of nitrogens with zero attached hydrogens (tertiary/aromatic N) is 3. The van der Waals surface area contributed by atoms with Gasteiger partial charge in [-0.15, -0.1) is 0 Å². The smallest absolute Gasteiger partial charge is 0.332 e. The number of ketones is 1. The van der Waals surface area contributed by atoms with Crippen LogP contribution in [0.3, 0.4) is 0 Å². The molecule has 0 unspecified atom stereocenters. The van der Waals surface area contributed by atoms with Crippen molar-refractivity contribution in [3.05, 3.63) is 38.2 Å². The van der Waals surface area contributed by atoms with Crippen LogP contribution in [0.25, 0.3) is 11.0 Å². The summed E-state index contributed by atoms with van der Waals surface area (Å²) >= 11 is 0. The van der Waals surface area contributed by atoms with Gasteiger partial charge in [0.1, 0.15) is 12.2 Å². The number of hydrogen-bond donors (Lipinski definition) is 1. The quantitative estimate of drug-likeness (QED) is 0.815. The lowest BCUT2D eigenvalue weighted by Crippen LogP contribution is -2.41. The Morgan fingerprint density at radius 2 is 2.05 bits per heavy atom. The number of Topliss-reactive ketones (excluding diaryl/α,β-unsaturated/α-hetero) is 1. The summed E-state index contributed by atoms with van der Waals surface area (Å²) < 4.78 is 1.80. The molecule has 0 spiro atoms. The van der Waals surface area contributed by atoms with Crippen molar-refractivity contribution in [1.29, 1.82) is 0 Å². The fourth-order valence-corrected chi connectivity index (χ4v) is 2.85. The van der Waals surface area contributed by atoms with E-state index < -0.39 is 23.8 Å². The van der Waals surface area contributed by atoms with Crippen LogP contribution in [0.2, 0.25) is 0 Å². The number of carbonyl (C=O) groups excluding carboxylic acids is 1. The molecule has 0 bridgehead atoms. The summed E-state index contributed by atoms with van der Waals surface area (Å²) in [5.41, 5.74) is -0.337. The third-order valence-electron chi connectivity index (χ3n) is 3.89. The molecule has 2 aromatic rings. The SMILES string of the molecule is Cn1c(=O)n(CC(=O)O)c(=O)c2c3c(cnc21)C(=O)CCC3. The average Bonchev–Trinajstić information content (AvgIpc) is 2.48. The zero-order valence-corrected chi connectivity index (χ0v) is 11.8. The number of hydrogen-bond acceptors (Lipinski definition) is 5. The van der Waals surface area contributed by atoms with Crippen LogP contribution in [-0.4, -0.2) is 31.0 Å². The number of carboxylic acids is 1. The standard InChI is InChI=1S/C14H13N3O5/c1-16-12-11(13(21)17(14(16)22)6-10(19)20)7-3-2-4-9(18)8(7)5-15-12/h5H,2-4,6H2,1H3,(H,19,20). The molecule has 2 heterocycles. The van der Waals surface area contributed by atoms with Crippen LogP contribution in [0, 0.1) is 0 Å². The van der Waals surface area contributed by atoms with Crippen molar-refractivity contribution in [1.82, 2.24) is 14.1 Å². The van der Waals surface area contributed by atoms with E-state index in [1.54, 1.807) is 0 Å². The van der Waals surface area contributed by atoms with Crippen molar-refractivity contribution in [3.8, 4) is 0 Å². The largest absolute Gasteiger partial charge is 0.480 e. The second-order valence-corrected chi connectivity index (χ2v) is 5.25. The minimum Gasteiger partial charge on any atom is -0.480 e. The van der Waals surface area contributed by atoms with Gasteiger partial charge in [-0.05, 0) is 18.4 Å². The van der Waals surface area contributed by atoms with E-state index in [0.717, 1.165) is 4.57 Å². The van der Waals surface area contributed by atoms with Crippen LogP contribution in [0.15, 0.2) is 15.8 Å². The van der Waals surface area contributed by atoms with Crippen LogP contribution in [0.4, 0.5) is 0 Å². The first-order valence-corrected chi connectivity index (χ1v) is 6.78. The Balaban J connectivity index is 2.47. The van der Waals surface area contributed by atoms with Crippen LogP contribution < -0.4 is 11.2 Å². The highest BCUT2D eigenvalue weighted by Crippen LogP contribution is 2.24. The summed E-state index contributed by atoms with van der Waals surface area (Å²) in [6.45, 7) is -0.723. The van der Waals surface area contributed by atoms with Crippen LogP contribution in [0.5, 0.6) is 0 Å². The molecule has 0 fully saturated rings. The molecule has 0 saturated heterocycles.